The molecule has 0 amide bonds. The molecule has 4 nitrogen and oxygen atoms in total. The highest BCUT2D eigenvalue weighted by Crippen LogP contribution is 2.52. The van der Waals surface area contributed by atoms with E-state index < -0.39 is 11.6 Å². The fourth-order valence-corrected chi connectivity index (χ4v) is 6.32. The molecule has 0 spiro atoms. The molecule has 0 bridgehead atoms. The molecule has 2 atom stereocenters. The van der Waals surface area contributed by atoms with Crippen molar-refractivity contribution in [2.75, 3.05) is 14.2 Å². The molecule has 6 heteroatoms. The monoisotopic (exact) mass is 548 g/mol. The number of rotatable bonds is 10. The van der Waals surface area contributed by atoms with Gasteiger partial charge in [-0.3, -0.25) is 4.79 Å². The lowest BCUT2D eigenvalue weighted by Gasteiger charge is -2.30. The second-order valence-corrected chi connectivity index (χ2v) is 11.9. The van der Waals surface area contributed by atoms with Crippen LogP contribution in [0.1, 0.15) is 80.9 Å². The van der Waals surface area contributed by atoms with Crippen LogP contribution in [0.3, 0.4) is 0 Å². The Labute approximate surface area is 235 Å². The van der Waals surface area contributed by atoms with Crippen molar-refractivity contribution < 1.29 is 27.8 Å². The minimum Gasteiger partial charge on any atom is -0.497 e. The number of carbonyl (C=O) groups excluding carboxylic acids is 1. The molecule has 0 aromatic heterocycles. The molecule has 2 aliphatic rings. The Hall–Kier alpha value is -3.41. The Kier molecular flexibility index (Phi) is 8.16. The van der Waals surface area contributed by atoms with Crippen LogP contribution in [0.15, 0.2) is 54.6 Å². The van der Waals surface area contributed by atoms with Crippen LogP contribution in [0.2, 0.25) is 0 Å². The van der Waals surface area contributed by atoms with E-state index in [1.807, 2.05) is 30.3 Å². The molecule has 2 fully saturated rings. The molecule has 0 aliphatic heterocycles. The van der Waals surface area contributed by atoms with Crippen molar-refractivity contribution in [3.8, 4) is 22.6 Å². The van der Waals surface area contributed by atoms with E-state index in [2.05, 4.69) is 13.8 Å². The maximum absolute atomic E-state index is 15.6. The minimum absolute atomic E-state index is 0.00580. The molecule has 0 unspecified atom stereocenters. The van der Waals surface area contributed by atoms with E-state index in [4.69, 9.17) is 14.2 Å². The number of halogens is 2. The summed E-state index contributed by atoms with van der Waals surface area (Å²) < 4.78 is 47.1. The minimum atomic E-state index is -0.436. The molecular formula is C34H38F2O4. The van der Waals surface area contributed by atoms with Crippen LogP contribution in [0.25, 0.3) is 11.1 Å². The first-order valence-corrected chi connectivity index (χ1v) is 14.2. The normalized spacial score (nSPS) is 18.8. The lowest BCUT2D eigenvalue weighted by Crippen LogP contribution is -2.17. The SMILES string of the molecule is COC(=O)C[C@@H](c1cccc(OCc2cc([C@@H]3CCCC3(C)C)c(-c3cc(OC)ccc3F)cc2F)c1)C1CC1. The predicted octanol–water partition coefficient (Wildman–Crippen LogP) is 8.57. The summed E-state index contributed by atoms with van der Waals surface area (Å²) in [6, 6.07) is 15.6. The van der Waals surface area contributed by atoms with Crippen molar-refractivity contribution >= 4 is 5.97 Å². The van der Waals surface area contributed by atoms with Crippen molar-refractivity contribution in [2.45, 2.75) is 70.8 Å². The van der Waals surface area contributed by atoms with Gasteiger partial charge < -0.3 is 14.2 Å². The Morgan fingerprint density at radius 1 is 0.950 bits per heavy atom. The highest BCUT2D eigenvalue weighted by molar-refractivity contribution is 5.71. The summed E-state index contributed by atoms with van der Waals surface area (Å²) in [5, 5.41) is 0. The predicted molar refractivity (Wildman–Crippen MR) is 152 cm³/mol. The fraction of sp³-hybridized carbons (Fsp3) is 0.441. The van der Waals surface area contributed by atoms with Gasteiger partial charge in [-0.1, -0.05) is 32.4 Å². The summed E-state index contributed by atoms with van der Waals surface area (Å²) in [7, 11) is 2.95. The summed E-state index contributed by atoms with van der Waals surface area (Å²) in [4.78, 5) is 12.0. The van der Waals surface area contributed by atoms with Crippen molar-refractivity contribution in [3.63, 3.8) is 0 Å². The largest absolute Gasteiger partial charge is 0.497 e. The van der Waals surface area contributed by atoms with Crippen LogP contribution in [0.5, 0.6) is 11.5 Å². The summed E-state index contributed by atoms with van der Waals surface area (Å²) in [5.74, 6) is 0.795. The topological polar surface area (TPSA) is 44.8 Å². The quantitative estimate of drug-likeness (QED) is 0.238. The van der Waals surface area contributed by atoms with Crippen molar-refractivity contribution in [1.29, 1.82) is 0 Å². The summed E-state index contributed by atoms with van der Waals surface area (Å²) in [5.41, 5.74) is 3.32. The zero-order chi connectivity index (χ0) is 28.4. The van der Waals surface area contributed by atoms with E-state index >= 15 is 8.78 Å². The highest BCUT2D eigenvalue weighted by Gasteiger charge is 2.38. The van der Waals surface area contributed by atoms with Crippen LogP contribution >= 0.6 is 0 Å². The number of carbonyl (C=O) groups is 1. The summed E-state index contributed by atoms with van der Waals surface area (Å²) in [6.07, 6.45) is 5.62. The molecule has 2 aliphatic carbocycles. The molecular weight excluding hydrogens is 510 g/mol. The molecule has 40 heavy (non-hydrogen) atoms. The van der Waals surface area contributed by atoms with Crippen LogP contribution in [0.4, 0.5) is 8.78 Å². The molecule has 2 saturated carbocycles. The molecule has 212 valence electrons. The van der Waals surface area contributed by atoms with Crippen LogP contribution < -0.4 is 9.47 Å². The average Bonchev–Trinajstić information content (AvgIpc) is 3.73. The number of hydrogen-bond acceptors (Lipinski definition) is 4. The molecule has 0 radical (unpaired) electrons. The van der Waals surface area contributed by atoms with Crippen LogP contribution in [-0.4, -0.2) is 20.2 Å². The van der Waals surface area contributed by atoms with Gasteiger partial charge in [0.2, 0.25) is 0 Å². The van der Waals surface area contributed by atoms with Gasteiger partial charge in [-0.2, -0.15) is 0 Å². The van der Waals surface area contributed by atoms with Crippen LogP contribution in [0, 0.1) is 23.0 Å². The van der Waals surface area contributed by atoms with Gasteiger partial charge in [-0.05, 0) is 108 Å². The van der Waals surface area contributed by atoms with E-state index in [1.54, 1.807) is 12.1 Å². The Morgan fingerprint density at radius 2 is 1.75 bits per heavy atom. The second kappa shape index (κ2) is 11.6. The van der Waals surface area contributed by atoms with Crippen LogP contribution in [-0.2, 0) is 16.1 Å². The third-order valence-electron chi connectivity index (χ3n) is 8.80. The van der Waals surface area contributed by atoms with E-state index in [0.717, 1.165) is 43.2 Å². The number of esters is 1. The average molecular weight is 549 g/mol. The van der Waals surface area contributed by atoms with Crippen molar-refractivity contribution in [1.82, 2.24) is 0 Å². The summed E-state index contributed by atoms with van der Waals surface area (Å²) in [6.45, 7) is 4.50. The smallest absolute Gasteiger partial charge is 0.306 e. The first kappa shape index (κ1) is 28.1. The lowest BCUT2D eigenvalue weighted by atomic mass is 9.75. The molecule has 0 heterocycles. The van der Waals surface area contributed by atoms with E-state index in [9.17, 15) is 4.79 Å². The van der Waals surface area contributed by atoms with Crippen molar-refractivity contribution in [3.05, 3.63) is 82.9 Å². The maximum Gasteiger partial charge on any atom is 0.306 e. The van der Waals surface area contributed by atoms with Gasteiger partial charge in [0.15, 0.2) is 0 Å². The molecule has 0 saturated heterocycles. The lowest BCUT2D eigenvalue weighted by molar-refractivity contribution is -0.141. The highest BCUT2D eigenvalue weighted by atomic mass is 19.1. The molecule has 3 aromatic rings. The number of hydrogen-bond donors (Lipinski definition) is 0. The fourth-order valence-electron chi connectivity index (χ4n) is 6.32. The van der Waals surface area contributed by atoms with E-state index in [-0.39, 0.29) is 29.8 Å². The molecule has 0 N–H and O–H groups in total. The van der Waals surface area contributed by atoms with E-state index in [0.29, 0.717) is 40.5 Å². The van der Waals surface area contributed by atoms with Gasteiger partial charge in [0.25, 0.3) is 0 Å². The van der Waals surface area contributed by atoms with Crippen molar-refractivity contribution in [2.24, 2.45) is 11.3 Å². The van der Waals surface area contributed by atoms with Gasteiger partial charge in [-0.15, -0.1) is 0 Å². The Balaban J connectivity index is 1.46. The third-order valence-corrected chi connectivity index (χ3v) is 8.80. The van der Waals surface area contributed by atoms with Gasteiger partial charge in [0.05, 0.1) is 20.6 Å². The standard InChI is InChI=1S/C34H38F2O4/c1-34(2)14-6-9-30(34)28-16-23(32(36)18-27(28)29-17-24(38-3)12-13-31(29)35)20-40-25-8-5-7-22(15-25)26(21-10-11-21)19-33(37)39-4/h5,7-8,12-13,15-18,21,26,30H,6,9-11,14,19-20H2,1-4H3/t26-,30+/m1/s1. The Morgan fingerprint density at radius 3 is 2.42 bits per heavy atom. The number of methoxy groups -OCH3 is 2. The number of ether oxygens (including phenoxy) is 3. The van der Waals surface area contributed by atoms with Gasteiger partial charge >= 0.3 is 5.97 Å². The summed E-state index contributed by atoms with van der Waals surface area (Å²) >= 11 is 0. The third kappa shape index (κ3) is 6.01. The molecule has 5 rings (SSSR count). The van der Waals surface area contributed by atoms with Gasteiger partial charge in [0, 0.05) is 11.1 Å². The molecule has 3 aromatic carbocycles. The zero-order valence-electron chi connectivity index (χ0n) is 23.8. The maximum atomic E-state index is 15.6. The van der Waals surface area contributed by atoms with Gasteiger partial charge in [0.1, 0.15) is 29.7 Å². The van der Waals surface area contributed by atoms with Gasteiger partial charge in [-0.25, -0.2) is 8.78 Å². The first-order valence-electron chi connectivity index (χ1n) is 14.2. The van der Waals surface area contributed by atoms with E-state index in [1.165, 1.54) is 26.4 Å². The number of benzene rings is 3. The Bertz CT molecular complexity index is 1380. The second-order valence-electron chi connectivity index (χ2n) is 11.9. The zero-order valence-corrected chi connectivity index (χ0v) is 23.8. The first-order chi connectivity index (χ1) is 19.2.